The summed E-state index contributed by atoms with van der Waals surface area (Å²) in [6, 6.07) is 3.89. The topological polar surface area (TPSA) is 37.8 Å². The van der Waals surface area contributed by atoms with Crippen LogP contribution >= 0.6 is 0 Å². The van der Waals surface area contributed by atoms with Gasteiger partial charge in [-0.15, -0.1) is 0 Å². The van der Waals surface area contributed by atoms with Crippen molar-refractivity contribution in [1.29, 1.82) is 0 Å². The third kappa shape index (κ3) is 4.58. The van der Waals surface area contributed by atoms with Gasteiger partial charge in [-0.25, -0.2) is 0 Å². The van der Waals surface area contributed by atoms with E-state index in [1.54, 1.807) is 6.20 Å². The zero-order chi connectivity index (χ0) is 9.52. The van der Waals surface area contributed by atoms with Gasteiger partial charge in [0, 0.05) is 12.7 Å². The number of rotatable bonds is 5. The van der Waals surface area contributed by atoms with Crippen LogP contribution in [0.3, 0.4) is 0 Å². The normalized spacial score (nSPS) is 10.7. The van der Waals surface area contributed by atoms with E-state index >= 15 is 0 Å². The highest BCUT2D eigenvalue weighted by Gasteiger charge is 1.94. The van der Waals surface area contributed by atoms with Gasteiger partial charge in [-0.3, -0.25) is 0 Å². The molecule has 0 saturated heterocycles. The second kappa shape index (κ2) is 5.65. The maximum Gasteiger partial charge on any atom is 0.0768 e. The van der Waals surface area contributed by atoms with Gasteiger partial charge < -0.3 is 5.32 Å². The van der Waals surface area contributed by atoms with Crippen LogP contribution < -0.4 is 5.32 Å². The molecule has 0 aliphatic heterocycles. The zero-order valence-electron chi connectivity index (χ0n) is 8.33. The Balaban J connectivity index is 2.13. The molecule has 1 aromatic heterocycles. The summed E-state index contributed by atoms with van der Waals surface area (Å²) < 4.78 is 0. The average Bonchev–Trinajstić information content (AvgIpc) is 2.14. The second-order valence-electron chi connectivity index (χ2n) is 3.57. The Labute approximate surface area is 79.6 Å². The molecule has 1 heterocycles. The fourth-order valence-electron chi connectivity index (χ4n) is 1.03. The number of aromatic nitrogens is 2. The highest BCUT2D eigenvalue weighted by atomic mass is 15.1. The molecular formula is C10H17N3. The summed E-state index contributed by atoms with van der Waals surface area (Å²) in [4.78, 5) is 0. The van der Waals surface area contributed by atoms with Crippen molar-refractivity contribution in [2.24, 2.45) is 5.92 Å². The lowest BCUT2D eigenvalue weighted by molar-refractivity contribution is 0.533. The lowest BCUT2D eigenvalue weighted by Gasteiger charge is -2.05. The van der Waals surface area contributed by atoms with Crippen LogP contribution in [-0.4, -0.2) is 16.7 Å². The van der Waals surface area contributed by atoms with E-state index in [1.165, 1.54) is 6.42 Å². The van der Waals surface area contributed by atoms with Crippen molar-refractivity contribution in [2.45, 2.75) is 26.8 Å². The Bertz CT molecular complexity index is 221. The Morgan fingerprint density at radius 2 is 2.31 bits per heavy atom. The van der Waals surface area contributed by atoms with E-state index in [9.17, 15) is 0 Å². The number of nitrogens with zero attached hydrogens (tertiary/aromatic N) is 2. The van der Waals surface area contributed by atoms with Gasteiger partial charge in [0.15, 0.2) is 0 Å². The minimum Gasteiger partial charge on any atom is -0.311 e. The van der Waals surface area contributed by atoms with Crippen molar-refractivity contribution >= 4 is 0 Å². The second-order valence-corrected chi connectivity index (χ2v) is 3.57. The summed E-state index contributed by atoms with van der Waals surface area (Å²) in [5.74, 6) is 0.759. The van der Waals surface area contributed by atoms with Crippen LogP contribution in [0.25, 0.3) is 0 Å². The van der Waals surface area contributed by atoms with E-state index in [4.69, 9.17) is 0 Å². The SMILES string of the molecule is CC(C)CCNCc1cccnn1. The summed E-state index contributed by atoms with van der Waals surface area (Å²) in [6.45, 7) is 6.32. The largest absolute Gasteiger partial charge is 0.311 e. The first-order valence-corrected chi connectivity index (χ1v) is 4.76. The first-order chi connectivity index (χ1) is 6.29. The van der Waals surface area contributed by atoms with Gasteiger partial charge in [-0.2, -0.15) is 10.2 Å². The van der Waals surface area contributed by atoms with Gasteiger partial charge in [0.2, 0.25) is 0 Å². The van der Waals surface area contributed by atoms with Crippen molar-refractivity contribution in [3.05, 3.63) is 24.0 Å². The Kier molecular flexibility index (Phi) is 4.40. The van der Waals surface area contributed by atoms with E-state index in [0.29, 0.717) is 0 Å². The fourth-order valence-corrected chi connectivity index (χ4v) is 1.03. The number of hydrogen-bond acceptors (Lipinski definition) is 3. The van der Waals surface area contributed by atoms with E-state index < -0.39 is 0 Å². The smallest absolute Gasteiger partial charge is 0.0768 e. The summed E-state index contributed by atoms with van der Waals surface area (Å²) in [5.41, 5.74) is 1.01. The molecule has 3 nitrogen and oxygen atoms in total. The highest BCUT2D eigenvalue weighted by molar-refractivity contribution is 4.98. The van der Waals surface area contributed by atoms with E-state index in [1.807, 2.05) is 12.1 Å². The lowest BCUT2D eigenvalue weighted by atomic mass is 10.1. The van der Waals surface area contributed by atoms with E-state index in [-0.39, 0.29) is 0 Å². The van der Waals surface area contributed by atoms with Crippen LogP contribution in [0, 0.1) is 5.92 Å². The van der Waals surface area contributed by atoms with Crippen LogP contribution in [0.4, 0.5) is 0 Å². The van der Waals surface area contributed by atoms with Crippen LogP contribution in [0.5, 0.6) is 0 Å². The van der Waals surface area contributed by atoms with Crippen molar-refractivity contribution in [3.63, 3.8) is 0 Å². The number of nitrogens with one attached hydrogen (secondary N) is 1. The molecule has 0 fully saturated rings. The maximum atomic E-state index is 3.98. The standard InChI is InChI=1S/C10H17N3/c1-9(2)5-7-11-8-10-4-3-6-12-13-10/h3-4,6,9,11H,5,7-8H2,1-2H3. The molecule has 1 aromatic rings. The van der Waals surface area contributed by atoms with Gasteiger partial charge in [0.1, 0.15) is 0 Å². The van der Waals surface area contributed by atoms with Crippen LogP contribution in [-0.2, 0) is 6.54 Å². The van der Waals surface area contributed by atoms with Gasteiger partial charge >= 0.3 is 0 Å². The molecule has 0 radical (unpaired) electrons. The monoisotopic (exact) mass is 179 g/mol. The molecule has 0 saturated carbocycles. The highest BCUT2D eigenvalue weighted by Crippen LogP contribution is 1.97. The van der Waals surface area contributed by atoms with Crippen molar-refractivity contribution in [3.8, 4) is 0 Å². The first-order valence-electron chi connectivity index (χ1n) is 4.76. The predicted octanol–water partition coefficient (Wildman–Crippen LogP) is 1.61. The van der Waals surface area contributed by atoms with E-state index in [2.05, 4.69) is 29.4 Å². The molecule has 3 heteroatoms. The molecule has 0 spiro atoms. The van der Waals surface area contributed by atoms with E-state index in [0.717, 1.165) is 24.7 Å². The Hall–Kier alpha value is -0.960. The average molecular weight is 179 g/mol. The minimum atomic E-state index is 0.759. The molecule has 0 aromatic carbocycles. The summed E-state index contributed by atoms with van der Waals surface area (Å²) in [7, 11) is 0. The van der Waals surface area contributed by atoms with Crippen molar-refractivity contribution < 1.29 is 0 Å². The Morgan fingerprint density at radius 3 is 2.92 bits per heavy atom. The zero-order valence-corrected chi connectivity index (χ0v) is 8.33. The van der Waals surface area contributed by atoms with Crippen molar-refractivity contribution in [1.82, 2.24) is 15.5 Å². The van der Waals surface area contributed by atoms with Crippen molar-refractivity contribution in [2.75, 3.05) is 6.54 Å². The van der Waals surface area contributed by atoms with Crippen LogP contribution in [0.2, 0.25) is 0 Å². The maximum absolute atomic E-state index is 3.98. The van der Waals surface area contributed by atoms with Crippen LogP contribution in [0.1, 0.15) is 26.0 Å². The summed E-state index contributed by atoms with van der Waals surface area (Å²) in [5, 5.41) is 11.1. The van der Waals surface area contributed by atoms with Gasteiger partial charge in [-0.05, 0) is 31.0 Å². The molecule has 72 valence electrons. The van der Waals surface area contributed by atoms with Crippen LogP contribution in [0.15, 0.2) is 18.3 Å². The van der Waals surface area contributed by atoms with Gasteiger partial charge in [-0.1, -0.05) is 13.8 Å². The molecule has 0 atom stereocenters. The van der Waals surface area contributed by atoms with Gasteiger partial charge in [0.05, 0.1) is 5.69 Å². The molecule has 0 amide bonds. The number of hydrogen-bond donors (Lipinski definition) is 1. The van der Waals surface area contributed by atoms with Gasteiger partial charge in [0.25, 0.3) is 0 Å². The summed E-state index contributed by atoms with van der Waals surface area (Å²) >= 11 is 0. The lowest BCUT2D eigenvalue weighted by Crippen LogP contribution is -2.17. The molecule has 13 heavy (non-hydrogen) atoms. The predicted molar refractivity (Wildman–Crippen MR) is 53.2 cm³/mol. The molecule has 0 unspecified atom stereocenters. The third-order valence-electron chi connectivity index (χ3n) is 1.83. The molecule has 0 bridgehead atoms. The molecule has 1 N–H and O–H groups in total. The molecule has 1 rings (SSSR count). The fraction of sp³-hybridized carbons (Fsp3) is 0.600. The molecule has 0 aliphatic carbocycles. The minimum absolute atomic E-state index is 0.759. The molecular weight excluding hydrogens is 162 g/mol. The molecule has 0 aliphatic rings. The Morgan fingerprint density at radius 1 is 1.46 bits per heavy atom. The quantitative estimate of drug-likeness (QED) is 0.698. The third-order valence-corrected chi connectivity index (χ3v) is 1.83. The first kappa shape index (κ1) is 10.1. The summed E-state index contributed by atoms with van der Waals surface area (Å²) in [6.07, 6.45) is 2.90.